The minimum Gasteiger partial charge on any atom is -0.317 e. The van der Waals surface area contributed by atoms with Gasteiger partial charge >= 0.3 is 0 Å². The molecule has 1 aromatic carbocycles. The third-order valence-corrected chi connectivity index (χ3v) is 5.30. The van der Waals surface area contributed by atoms with Crippen LogP contribution >= 0.6 is 0 Å². The largest absolute Gasteiger partial charge is 0.317 e. The van der Waals surface area contributed by atoms with Crippen molar-refractivity contribution in [1.29, 1.82) is 0 Å². The van der Waals surface area contributed by atoms with E-state index in [-0.39, 0.29) is 16.6 Å². The zero-order valence-electron chi connectivity index (χ0n) is 12.0. The molecule has 1 heterocycles. The van der Waals surface area contributed by atoms with Gasteiger partial charge in [-0.15, -0.1) is 0 Å². The molecule has 0 atom stereocenters. The van der Waals surface area contributed by atoms with Crippen LogP contribution in [0.2, 0.25) is 0 Å². The molecule has 1 fully saturated rings. The van der Waals surface area contributed by atoms with Gasteiger partial charge in [0.1, 0.15) is 0 Å². The maximum Gasteiger partial charge on any atom is 0.273 e. The van der Waals surface area contributed by atoms with Crippen LogP contribution in [-0.2, 0) is 10.0 Å². The van der Waals surface area contributed by atoms with Crippen molar-refractivity contribution in [2.75, 3.05) is 13.1 Å². The van der Waals surface area contributed by atoms with Crippen LogP contribution in [0.15, 0.2) is 17.0 Å². The fourth-order valence-corrected chi connectivity index (χ4v) is 4.08. The van der Waals surface area contributed by atoms with Gasteiger partial charge < -0.3 is 5.32 Å². The zero-order valence-corrected chi connectivity index (χ0v) is 12.9. The molecule has 0 aliphatic carbocycles. The molecule has 21 heavy (non-hydrogen) atoms. The summed E-state index contributed by atoms with van der Waals surface area (Å²) in [6.45, 7) is 4.77. The number of nitrogens with one attached hydrogen (secondary N) is 2. The Balaban J connectivity index is 2.34. The normalized spacial score (nSPS) is 16.9. The van der Waals surface area contributed by atoms with Crippen molar-refractivity contribution in [2.45, 2.75) is 37.6 Å². The third kappa shape index (κ3) is 3.58. The van der Waals surface area contributed by atoms with Gasteiger partial charge in [-0.1, -0.05) is 0 Å². The van der Waals surface area contributed by atoms with E-state index in [1.807, 2.05) is 0 Å². The lowest BCUT2D eigenvalue weighted by Gasteiger charge is -2.23. The van der Waals surface area contributed by atoms with Crippen LogP contribution in [0, 0.1) is 24.0 Å². The Morgan fingerprint density at radius 3 is 2.43 bits per heavy atom. The van der Waals surface area contributed by atoms with Crippen LogP contribution in [0.4, 0.5) is 5.69 Å². The smallest absolute Gasteiger partial charge is 0.273 e. The molecule has 1 aliphatic rings. The lowest BCUT2D eigenvalue weighted by Crippen LogP contribution is -2.42. The summed E-state index contributed by atoms with van der Waals surface area (Å²) >= 11 is 0. The quantitative estimate of drug-likeness (QED) is 0.643. The number of benzene rings is 1. The highest BCUT2D eigenvalue weighted by atomic mass is 32.2. The first-order valence-electron chi connectivity index (χ1n) is 6.80. The van der Waals surface area contributed by atoms with Crippen molar-refractivity contribution < 1.29 is 13.3 Å². The molecule has 0 aromatic heterocycles. The molecule has 2 rings (SSSR count). The lowest BCUT2D eigenvalue weighted by atomic mass is 10.1. The molecule has 2 N–H and O–H groups in total. The summed E-state index contributed by atoms with van der Waals surface area (Å²) in [5, 5.41) is 14.1. The molecule has 0 radical (unpaired) electrons. The van der Waals surface area contributed by atoms with E-state index >= 15 is 0 Å². The van der Waals surface area contributed by atoms with Crippen molar-refractivity contribution in [3.63, 3.8) is 0 Å². The average molecular weight is 313 g/mol. The number of sulfonamides is 1. The first kappa shape index (κ1) is 15.9. The summed E-state index contributed by atoms with van der Waals surface area (Å²) in [6.07, 6.45) is 1.43. The van der Waals surface area contributed by atoms with Crippen LogP contribution in [0.3, 0.4) is 0 Å². The maximum atomic E-state index is 12.5. The van der Waals surface area contributed by atoms with Crippen LogP contribution in [0.5, 0.6) is 0 Å². The van der Waals surface area contributed by atoms with E-state index in [0.717, 1.165) is 19.2 Å². The highest BCUT2D eigenvalue weighted by Crippen LogP contribution is 2.26. The summed E-state index contributed by atoms with van der Waals surface area (Å²) < 4.78 is 27.6. The number of nitro groups is 1. The standard InChI is InChI=1S/C13H19N3O4S/c1-9-7-10(2)13(8-12(9)16(17)18)21(19,20)15-11-3-5-14-6-4-11/h7-8,11,14-15H,3-6H2,1-2H3. The van der Waals surface area contributed by atoms with Crippen molar-refractivity contribution in [1.82, 2.24) is 10.0 Å². The molecule has 0 bridgehead atoms. The summed E-state index contributed by atoms with van der Waals surface area (Å²) in [6, 6.07) is 2.56. The van der Waals surface area contributed by atoms with Gasteiger partial charge in [-0.3, -0.25) is 10.1 Å². The molecule has 0 saturated carbocycles. The highest BCUT2D eigenvalue weighted by molar-refractivity contribution is 7.89. The lowest BCUT2D eigenvalue weighted by molar-refractivity contribution is -0.385. The molecule has 8 heteroatoms. The number of hydrogen-bond acceptors (Lipinski definition) is 5. The summed E-state index contributed by atoms with van der Waals surface area (Å²) in [7, 11) is -3.75. The first-order valence-corrected chi connectivity index (χ1v) is 8.28. The Bertz CT molecular complexity index is 652. The van der Waals surface area contributed by atoms with E-state index in [1.165, 1.54) is 6.07 Å². The fourth-order valence-electron chi connectivity index (χ4n) is 2.53. The molecular formula is C13H19N3O4S. The molecular weight excluding hydrogens is 294 g/mol. The van der Waals surface area contributed by atoms with Crippen molar-refractivity contribution in [3.8, 4) is 0 Å². The molecule has 0 unspecified atom stereocenters. The molecule has 1 saturated heterocycles. The predicted octanol–water partition coefficient (Wildman–Crippen LogP) is 1.24. The number of nitro benzene ring substituents is 1. The number of piperidine rings is 1. The Morgan fingerprint density at radius 2 is 1.86 bits per heavy atom. The van der Waals surface area contributed by atoms with Crippen molar-refractivity contribution in [2.24, 2.45) is 0 Å². The Hall–Kier alpha value is -1.51. The minimum atomic E-state index is -3.75. The summed E-state index contributed by atoms with van der Waals surface area (Å²) in [5.74, 6) is 0. The van der Waals surface area contributed by atoms with Crippen LogP contribution < -0.4 is 10.0 Å². The second-order valence-electron chi connectivity index (χ2n) is 5.31. The Labute approximate surface area is 123 Å². The van der Waals surface area contributed by atoms with Gasteiger partial charge in [-0.05, 0) is 51.4 Å². The van der Waals surface area contributed by atoms with Crippen molar-refractivity contribution >= 4 is 15.7 Å². The van der Waals surface area contributed by atoms with Gasteiger partial charge in [-0.25, -0.2) is 13.1 Å². The van der Waals surface area contributed by atoms with E-state index in [2.05, 4.69) is 10.0 Å². The second-order valence-corrected chi connectivity index (χ2v) is 6.99. The SMILES string of the molecule is Cc1cc(C)c(S(=O)(=O)NC2CCNCC2)cc1[N+](=O)[O-]. The van der Waals surface area contributed by atoms with Crippen LogP contribution in [0.1, 0.15) is 24.0 Å². The summed E-state index contributed by atoms with van der Waals surface area (Å²) in [5.41, 5.74) is 0.795. The van der Waals surface area contributed by atoms with Gasteiger partial charge in [-0.2, -0.15) is 0 Å². The average Bonchev–Trinajstić information content (AvgIpc) is 2.38. The van der Waals surface area contributed by atoms with Crippen LogP contribution in [-0.4, -0.2) is 32.5 Å². The maximum absolute atomic E-state index is 12.5. The first-order chi connectivity index (χ1) is 9.81. The van der Waals surface area contributed by atoms with Crippen molar-refractivity contribution in [3.05, 3.63) is 33.4 Å². The van der Waals surface area contributed by atoms with E-state index < -0.39 is 14.9 Å². The highest BCUT2D eigenvalue weighted by Gasteiger charge is 2.26. The van der Waals surface area contributed by atoms with Gasteiger partial charge in [0.15, 0.2) is 0 Å². The molecule has 0 spiro atoms. The molecule has 0 amide bonds. The molecule has 1 aliphatic heterocycles. The van der Waals surface area contributed by atoms with E-state index in [1.54, 1.807) is 13.8 Å². The Kier molecular flexibility index (Phi) is 4.60. The van der Waals surface area contributed by atoms with E-state index in [0.29, 0.717) is 24.0 Å². The molecule has 7 nitrogen and oxygen atoms in total. The topological polar surface area (TPSA) is 101 Å². The molecule has 1 aromatic rings. The third-order valence-electron chi connectivity index (χ3n) is 3.64. The second kappa shape index (κ2) is 6.08. The molecule has 116 valence electrons. The number of rotatable bonds is 4. The van der Waals surface area contributed by atoms with Gasteiger partial charge in [0, 0.05) is 17.7 Å². The fraction of sp³-hybridized carbons (Fsp3) is 0.538. The number of nitrogens with zero attached hydrogens (tertiary/aromatic N) is 1. The predicted molar refractivity (Wildman–Crippen MR) is 78.8 cm³/mol. The number of aryl methyl sites for hydroxylation is 2. The summed E-state index contributed by atoms with van der Waals surface area (Å²) in [4.78, 5) is 10.4. The monoisotopic (exact) mass is 313 g/mol. The van der Waals surface area contributed by atoms with E-state index in [9.17, 15) is 18.5 Å². The number of hydrogen-bond donors (Lipinski definition) is 2. The zero-order chi connectivity index (χ0) is 15.6. The Morgan fingerprint density at radius 1 is 1.24 bits per heavy atom. The van der Waals surface area contributed by atoms with Gasteiger partial charge in [0.25, 0.3) is 5.69 Å². The van der Waals surface area contributed by atoms with Gasteiger partial charge in [0.2, 0.25) is 10.0 Å². The minimum absolute atomic E-state index is 0.0154. The van der Waals surface area contributed by atoms with E-state index in [4.69, 9.17) is 0 Å². The van der Waals surface area contributed by atoms with Gasteiger partial charge in [0.05, 0.1) is 9.82 Å². The van der Waals surface area contributed by atoms with Crippen LogP contribution in [0.25, 0.3) is 0 Å².